The van der Waals surface area contributed by atoms with E-state index in [9.17, 15) is 13.2 Å². The van der Waals surface area contributed by atoms with Gasteiger partial charge in [0.25, 0.3) is 5.91 Å². The molecule has 0 bridgehead atoms. The summed E-state index contributed by atoms with van der Waals surface area (Å²) < 4.78 is 27.5. The van der Waals surface area contributed by atoms with Gasteiger partial charge in [-0.05, 0) is 47.0 Å². The smallest absolute Gasteiger partial charge is 0.258 e. The molecule has 22 heavy (non-hydrogen) atoms. The fourth-order valence-corrected chi connectivity index (χ4v) is 3.92. The second kappa shape index (κ2) is 6.03. The Labute approximate surface area is 139 Å². The summed E-state index contributed by atoms with van der Waals surface area (Å²) in [6, 6.07) is 4.34. The Morgan fingerprint density at radius 3 is 2.77 bits per heavy atom. The summed E-state index contributed by atoms with van der Waals surface area (Å²) in [6.07, 6.45) is 1.69. The Morgan fingerprint density at radius 2 is 2.14 bits per heavy atom. The number of carbonyl (C=O) groups is 1. The van der Waals surface area contributed by atoms with E-state index in [1.807, 2.05) is 0 Å². The highest BCUT2D eigenvalue weighted by Crippen LogP contribution is 2.25. The fraction of sp³-hybridized carbons (Fsp3) is 0.250. The van der Waals surface area contributed by atoms with Gasteiger partial charge in [0.2, 0.25) is 15.2 Å². The summed E-state index contributed by atoms with van der Waals surface area (Å²) in [7, 11) is -3.61. The maximum Gasteiger partial charge on any atom is 0.258 e. The lowest BCUT2D eigenvalue weighted by molar-refractivity contribution is 0.102. The van der Waals surface area contributed by atoms with Crippen molar-refractivity contribution in [1.29, 1.82) is 0 Å². The SMILES string of the molecule is O=C(Nc1nncs1)c1cc(S(=O)(=O)NC2CC2)ccc1Br. The Hall–Kier alpha value is -1.36. The molecule has 1 amide bonds. The predicted octanol–water partition coefficient (Wildman–Crippen LogP) is 1.99. The quantitative estimate of drug-likeness (QED) is 0.795. The van der Waals surface area contributed by atoms with E-state index in [1.54, 1.807) is 0 Å². The lowest BCUT2D eigenvalue weighted by Crippen LogP contribution is -2.26. The molecular formula is C12H11BrN4O3S2. The van der Waals surface area contributed by atoms with E-state index in [0.717, 1.165) is 12.8 Å². The first-order chi connectivity index (χ1) is 10.5. The third kappa shape index (κ3) is 3.51. The maximum absolute atomic E-state index is 12.2. The van der Waals surface area contributed by atoms with E-state index in [0.29, 0.717) is 9.60 Å². The van der Waals surface area contributed by atoms with Crippen LogP contribution >= 0.6 is 27.3 Å². The van der Waals surface area contributed by atoms with Gasteiger partial charge in [-0.15, -0.1) is 10.2 Å². The molecule has 7 nitrogen and oxygen atoms in total. The average Bonchev–Trinajstić information content (AvgIpc) is 3.11. The van der Waals surface area contributed by atoms with Crippen LogP contribution in [0.1, 0.15) is 23.2 Å². The van der Waals surface area contributed by atoms with Crippen molar-refractivity contribution in [2.45, 2.75) is 23.8 Å². The highest BCUT2D eigenvalue weighted by atomic mass is 79.9. The van der Waals surface area contributed by atoms with E-state index in [1.165, 1.54) is 35.0 Å². The maximum atomic E-state index is 12.2. The van der Waals surface area contributed by atoms with Gasteiger partial charge in [0, 0.05) is 10.5 Å². The zero-order valence-electron chi connectivity index (χ0n) is 11.1. The third-order valence-electron chi connectivity index (χ3n) is 2.97. The summed E-state index contributed by atoms with van der Waals surface area (Å²) in [6.45, 7) is 0. The molecule has 3 rings (SSSR count). The van der Waals surface area contributed by atoms with Gasteiger partial charge in [-0.25, -0.2) is 13.1 Å². The summed E-state index contributed by atoms with van der Waals surface area (Å²) in [5.74, 6) is -0.452. The molecule has 1 aliphatic rings. The molecule has 1 fully saturated rings. The van der Waals surface area contributed by atoms with Crippen molar-refractivity contribution >= 4 is 48.3 Å². The molecule has 0 radical (unpaired) electrons. The summed E-state index contributed by atoms with van der Waals surface area (Å²) in [5.41, 5.74) is 1.71. The first-order valence-corrected chi connectivity index (χ1v) is 9.51. The van der Waals surface area contributed by atoms with E-state index in [-0.39, 0.29) is 16.5 Å². The Morgan fingerprint density at radius 1 is 1.36 bits per heavy atom. The van der Waals surface area contributed by atoms with Crippen molar-refractivity contribution in [1.82, 2.24) is 14.9 Å². The second-order valence-electron chi connectivity index (χ2n) is 4.74. The minimum atomic E-state index is -3.61. The molecule has 2 N–H and O–H groups in total. The minimum absolute atomic E-state index is 0.00677. The molecule has 0 spiro atoms. The number of nitrogens with one attached hydrogen (secondary N) is 2. The molecule has 0 unspecified atom stereocenters. The second-order valence-corrected chi connectivity index (χ2v) is 8.14. The Bertz CT molecular complexity index is 804. The largest absolute Gasteiger partial charge is 0.296 e. The lowest BCUT2D eigenvalue weighted by atomic mass is 10.2. The zero-order valence-corrected chi connectivity index (χ0v) is 14.3. The van der Waals surface area contributed by atoms with Gasteiger partial charge >= 0.3 is 0 Å². The summed E-state index contributed by atoms with van der Waals surface area (Å²) >= 11 is 4.43. The highest BCUT2D eigenvalue weighted by Gasteiger charge is 2.28. The van der Waals surface area contributed by atoms with Gasteiger partial charge in [-0.3, -0.25) is 10.1 Å². The van der Waals surface area contributed by atoms with Crippen molar-refractivity contribution in [3.05, 3.63) is 33.7 Å². The van der Waals surface area contributed by atoms with E-state index in [4.69, 9.17) is 0 Å². The number of carbonyl (C=O) groups excluding carboxylic acids is 1. The molecule has 10 heteroatoms. The van der Waals surface area contributed by atoms with Crippen LogP contribution in [0.15, 0.2) is 33.1 Å². The molecule has 2 aromatic rings. The van der Waals surface area contributed by atoms with Gasteiger partial charge in [0.15, 0.2) is 0 Å². The molecule has 1 heterocycles. The van der Waals surface area contributed by atoms with Gasteiger partial charge < -0.3 is 0 Å². The number of rotatable bonds is 5. The molecule has 0 saturated heterocycles. The molecule has 1 aliphatic carbocycles. The third-order valence-corrected chi connectivity index (χ3v) is 5.79. The van der Waals surface area contributed by atoms with Crippen molar-refractivity contribution in [3.8, 4) is 0 Å². The van der Waals surface area contributed by atoms with Crippen LogP contribution in [0.3, 0.4) is 0 Å². The molecule has 116 valence electrons. The highest BCUT2D eigenvalue weighted by molar-refractivity contribution is 9.10. The molecule has 1 saturated carbocycles. The van der Waals surface area contributed by atoms with E-state index < -0.39 is 15.9 Å². The number of halogens is 1. The average molecular weight is 403 g/mol. The van der Waals surface area contributed by atoms with Crippen molar-refractivity contribution in [2.75, 3.05) is 5.32 Å². The van der Waals surface area contributed by atoms with Crippen LogP contribution in [0.5, 0.6) is 0 Å². The minimum Gasteiger partial charge on any atom is -0.296 e. The molecule has 1 aromatic carbocycles. The summed E-state index contributed by atoms with van der Waals surface area (Å²) in [5, 5.41) is 10.3. The van der Waals surface area contributed by atoms with Gasteiger partial charge in [0.05, 0.1) is 10.5 Å². The van der Waals surface area contributed by atoms with Crippen LogP contribution in [0.25, 0.3) is 0 Å². The van der Waals surface area contributed by atoms with E-state index >= 15 is 0 Å². The Balaban J connectivity index is 1.87. The number of aromatic nitrogens is 2. The van der Waals surface area contributed by atoms with Crippen molar-refractivity contribution in [3.63, 3.8) is 0 Å². The van der Waals surface area contributed by atoms with Crippen LogP contribution in [0.2, 0.25) is 0 Å². The standard InChI is InChI=1S/C12H11BrN4O3S2/c13-10-4-3-8(22(19,20)17-7-1-2-7)5-9(10)11(18)15-12-16-14-6-21-12/h3-7,17H,1-2H2,(H,15,16,18). The molecular weight excluding hydrogens is 392 g/mol. The summed E-state index contributed by atoms with van der Waals surface area (Å²) in [4.78, 5) is 12.3. The van der Waals surface area contributed by atoms with Crippen LogP contribution in [-0.4, -0.2) is 30.6 Å². The molecule has 1 aromatic heterocycles. The number of nitrogens with zero attached hydrogens (tertiary/aromatic N) is 2. The van der Waals surface area contributed by atoms with Gasteiger partial charge in [0.1, 0.15) is 5.51 Å². The molecule has 0 aliphatic heterocycles. The topological polar surface area (TPSA) is 101 Å². The number of hydrogen-bond donors (Lipinski definition) is 2. The van der Waals surface area contributed by atoms with Crippen LogP contribution in [-0.2, 0) is 10.0 Å². The number of sulfonamides is 1. The Kier molecular flexibility index (Phi) is 4.26. The normalized spacial score (nSPS) is 14.8. The van der Waals surface area contributed by atoms with Gasteiger partial charge in [-0.2, -0.15) is 0 Å². The van der Waals surface area contributed by atoms with Crippen molar-refractivity contribution < 1.29 is 13.2 Å². The predicted molar refractivity (Wildman–Crippen MR) is 85.3 cm³/mol. The number of anilines is 1. The fourth-order valence-electron chi connectivity index (χ4n) is 1.73. The lowest BCUT2D eigenvalue weighted by Gasteiger charge is -2.09. The number of amides is 1. The van der Waals surface area contributed by atoms with Crippen LogP contribution in [0.4, 0.5) is 5.13 Å². The van der Waals surface area contributed by atoms with E-state index in [2.05, 4.69) is 36.2 Å². The van der Waals surface area contributed by atoms with Crippen molar-refractivity contribution in [2.24, 2.45) is 0 Å². The monoisotopic (exact) mass is 402 g/mol. The van der Waals surface area contributed by atoms with Crippen LogP contribution < -0.4 is 10.0 Å². The first-order valence-electron chi connectivity index (χ1n) is 6.35. The molecule has 0 atom stereocenters. The van der Waals surface area contributed by atoms with Gasteiger partial charge in [-0.1, -0.05) is 11.3 Å². The number of benzene rings is 1. The number of hydrogen-bond acceptors (Lipinski definition) is 6. The zero-order chi connectivity index (χ0) is 15.7. The van der Waals surface area contributed by atoms with Crippen LogP contribution in [0, 0.1) is 0 Å². The first kappa shape index (κ1) is 15.5.